The molecule has 17 heteroatoms. The van der Waals surface area contributed by atoms with Crippen molar-refractivity contribution in [3.63, 3.8) is 0 Å². The second kappa shape index (κ2) is 16.0. The number of alkyl halides is 3. The smallest absolute Gasteiger partial charge is 0.422 e. The monoisotopic (exact) mass is 779 g/mol. The van der Waals surface area contributed by atoms with Gasteiger partial charge in [0.25, 0.3) is 0 Å². The zero-order chi connectivity index (χ0) is 38.6. The molecule has 5 rings (SSSR count). The van der Waals surface area contributed by atoms with Crippen LogP contribution in [-0.4, -0.2) is 88.4 Å². The van der Waals surface area contributed by atoms with Crippen LogP contribution in [0.5, 0.6) is 6.01 Å². The van der Waals surface area contributed by atoms with Gasteiger partial charge >= 0.3 is 18.3 Å². The second-order valence-corrected chi connectivity index (χ2v) is 16.9. The van der Waals surface area contributed by atoms with Crippen molar-refractivity contribution in [2.24, 2.45) is 0 Å². The topological polar surface area (TPSA) is 158 Å². The molecule has 1 aliphatic heterocycles. The van der Waals surface area contributed by atoms with Crippen LogP contribution in [0.25, 0.3) is 0 Å². The van der Waals surface area contributed by atoms with E-state index in [-0.39, 0.29) is 42.6 Å². The molecule has 0 unspecified atom stereocenters. The Hall–Kier alpha value is -4.31. The maximum Gasteiger partial charge on any atom is 0.422 e. The molecule has 3 aromatic rings. The lowest BCUT2D eigenvalue weighted by Crippen LogP contribution is -2.45. The van der Waals surface area contributed by atoms with E-state index < -0.39 is 63.4 Å². The number of Topliss-reactive ketones (excluding diaryl/α,β-unsaturated/α-hetero) is 2. The summed E-state index contributed by atoms with van der Waals surface area (Å²) in [4.78, 5) is 52.2. The number of rotatable bonds is 15. The predicted octanol–water partition coefficient (Wildman–Crippen LogP) is 6.50. The number of halogens is 4. The summed E-state index contributed by atoms with van der Waals surface area (Å²) in [5.74, 6) is -1.82. The Bertz CT molecular complexity index is 1920. The third-order valence-corrected chi connectivity index (χ3v) is 10.5. The number of nitrogens with one attached hydrogen (secondary N) is 1. The first-order valence-corrected chi connectivity index (χ1v) is 19.3. The third kappa shape index (κ3) is 11.6. The largest absolute Gasteiger partial charge is 0.454 e. The fourth-order valence-electron chi connectivity index (χ4n) is 5.95. The molecular weight excluding hydrogens is 739 g/mol. The fourth-order valence-corrected chi connectivity index (χ4v) is 7.43. The molecule has 286 valence electrons. The Morgan fingerprint density at radius 2 is 1.68 bits per heavy atom. The minimum Gasteiger partial charge on any atom is -0.454 e. The van der Waals surface area contributed by atoms with Crippen LogP contribution in [0.2, 0.25) is 5.02 Å². The van der Waals surface area contributed by atoms with Gasteiger partial charge in [-0.05, 0) is 76.1 Å². The molecule has 0 radical (unpaired) electrons. The first-order valence-electron chi connectivity index (χ1n) is 17.1. The summed E-state index contributed by atoms with van der Waals surface area (Å²) >= 11 is 6.03. The summed E-state index contributed by atoms with van der Waals surface area (Å²) in [6.45, 7) is 3.83. The number of aromatic nitrogens is 3. The van der Waals surface area contributed by atoms with Crippen LogP contribution < -0.4 is 10.1 Å². The average molecular weight is 780 g/mol. The van der Waals surface area contributed by atoms with Gasteiger partial charge in [-0.25, -0.2) is 13.2 Å². The Balaban J connectivity index is 1.17. The molecule has 2 aliphatic rings. The molecular formula is C36H41ClF3N5O7S. The Morgan fingerprint density at radius 3 is 2.30 bits per heavy atom. The van der Waals surface area contributed by atoms with Gasteiger partial charge in [-0.3, -0.25) is 14.5 Å². The van der Waals surface area contributed by atoms with Gasteiger partial charge in [0.15, 0.2) is 28.0 Å². The molecule has 1 saturated heterocycles. The number of likely N-dealkylation sites (tertiary alicyclic amines) is 1. The van der Waals surface area contributed by atoms with E-state index in [0.29, 0.717) is 35.5 Å². The second-order valence-electron chi connectivity index (χ2n) is 14.3. The van der Waals surface area contributed by atoms with Gasteiger partial charge in [0.1, 0.15) is 17.2 Å². The van der Waals surface area contributed by atoms with Crippen LogP contribution in [-0.2, 0) is 31.3 Å². The molecule has 2 heterocycles. The SMILES string of the molecule is CC(C)(C)OC(=O)N1CCC[C@H]1C(=O)CS(=O)(=O)CCCC(=O)c1ccc(Cc2nc(NC3(c4ccc(Cl)cc4)CC3)nc(OCC(F)(F)F)n2)cc1. The molecule has 53 heavy (non-hydrogen) atoms. The molecule has 2 fully saturated rings. The van der Waals surface area contributed by atoms with Gasteiger partial charge < -0.3 is 14.8 Å². The number of ketones is 2. The van der Waals surface area contributed by atoms with Crippen LogP contribution >= 0.6 is 11.6 Å². The van der Waals surface area contributed by atoms with Crippen molar-refractivity contribution in [1.29, 1.82) is 0 Å². The first-order chi connectivity index (χ1) is 24.8. The van der Waals surface area contributed by atoms with Crippen molar-refractivity contribution >= 4 is 45.0 Å². The van der Waals surface area contributed by atoms with Crippen LogP contribution in [0, 0.1) is 0 Å². The van der Waals surface area contributed by atoms with Crippen LogP contribution in [0.15, 0.2) is 48.5 Å². The molecule has 0 bridgehead atoms. The standard InChI is InChI=1S/C36H41ClF3N5O7S/c1-34(2,3)52-33(48)45-18-4-6-27(45)29(47)21-53(49,50)19-5-7-28(46)24-10-8-23(9-11-24)20-30-41-31(43-32(42-30)51-22-36(38,39)40)44-35(16-17-35)25-12-14-26(37)15-13-25/h8-15,27H,4-7,16-22H2,1-3H3,(H,41,42,43,44)/t27-/m0/s1. The number of amides is 1. The molecule has 1 amide bonds. The molecule has 1 aromatic heterocycles. The minimum atomic E-state index is -4.61. The van der Waals surface area contributed by atoms with E-state index in [1.807, 2.05) is 12.1 Å². The van der Waals surface area contributed by atoms with Crippen LogP contribution in [0.4, 0.5) is 23.9 Å². The highest BCUT2D eigenvalue weighted by Crippen LogP contribution is 2.48. The number of benzene rings is 2. The van der Waals surface area contributed by atoms with E-state index in [9.17, 15) is 36.0 Å². The summed E-state index contributed by atoms with van der Waals surface area (Å²) in [6.07, 6.45) is -2.88. The van der Waals surface area contributed by atoms with E-state index >= 15 is 0 Å². The summed E-state index contributed by atoms with van der Waals surface area (Å²) in [5.41, 5.74) is 0.617. The number of carbonyl (C=O) groups excluding carboxylic acids is 3. The molecule has 1 saturated carbocycles. The number of sulfone groups is 1. The molecule has 12 nitrogen and oxygen atoms in total. The van der Waals surface area contributed by atoms with Crippen molar-refractivity contribution in [3.05, 3.63) is 76.1 Å². The van der Waals surface area contributed by atoms with Crippen molar-refractivity contribution in [3.8, 4) is 6.01 Å². The highest BCUT2D eigenvalue weighted by molar-refractivity contribution is 7.92. The Kier molecular flexibility index (Phi) is 12.0. The summed E-state index contributed by atoms with van der Waals surface area (Å²) in [7, 11) is -3.85. The average Bonchev–Trinajstić information content (AvgIpc) is 3.65. The molecule has 2 aromatic carbocycles. The number of carbonyl (C=O) groups is 3. The lowest BCUT2D eigenvalue weighted by atomic mass is 10.0. The van der Waals surface area contributed by atoms with Gasteiger partial charge in [0, 0.05) is 30.0 Å². The predicted molar refractivity (Wildman–Crippen MR) is 190 cm³/mol. The van der Waals surface area contributed by atoms with Crippen molar-refractivity contribution in [2.45, 2.75) is 89.1 Å². The van der Waals surface area contributed by atoms with Crippen molar-refractivity contribution in [2.75, 3.05) is 30.0 Å². The lowest BCUT2D eigenvalue weighted by Gasteiger charge is -2.27. The third-order valence-electron chi connectivity index (χ3n) is 8.64. The number of anilines is 1. The Morgan fingerprint density at radius 1 is 1.00 bits per heavy atom. The number of hydrogen-bond donors (Lipinski definition) is 1. The molecule has 1 aliphatic carbocycles. The van der Waals surface area contributed by atoms with E-state index in [0.717, 1.165) is 18.4 Å². The van der Waals surface area contributed by atoms with E-state index in [4.69, 9.17) is 21.1 Å². The van der Waals surface area contributed by atoms with E-state index in [1.165, 1.54) is 4.90 Å². The summed E-state index contributed by atoms with van der Waals surface area (Å²) in [5, 5.41) is 3.79. The summed E-state index contributed by atoms with van der Waals surface area (Å²) in [6, 6.07) is 12.2. The van der Waals surface area contributed by atoms with E-state index in [2.05, 4.69) is 20.3 Å². The van der Waals surface area contributed by atoms with Crippen molar-refractivity contribution < 1.29 is 45.4 Å². The number of hydrogen-bond acceptors (Lipinski definition) is 11. The van der Waals surface area contributed by atoms with Gasteiger partial charge in [-0.15, -0.1) is 0 Å². The lowest BCUT2D eigenvalue weighted by molar-refractivity contribution is -0.154. The minimum absolute atomic E-state index is 0.00447. The van der Waals surface area contributed by atoms with Gasteiger partial charge in [-0.2, -0.15) is 28.1 Å². The maximum absolute atomic E-state index is 12.9. The number of ether oxygens (including phenoxy) is 2. The highest BCUT2D eigenvalue weighted by atomic mass is 35.5. The van der Waals surface area contributed by atoms with Gasteiger partial charge in [0.2, 0.25) is 5.95 Å². The molecule has 1 atom stereocenters. The van der Waals surface area contributed by atoms with E-state index in [1.54, 1.807) is 57.2 Å². The molecule has 0 spiro atoms. The zero-order valence-electron chi connectivity index (χ0n) is 29.5. The molecule has 1 N–H and O–H groups in total. The normalized spacial score (nSPS) is 17.0. The van der Waals surface area contributed by atoms with Gasteiger partial charge in [0.05, 0.1) is 17.3 Å². The maximum atomic E-state index is 12.9. The summed E-state index contributed by atoms with van der Waals surface area (Å²) < 4.78 is 74.6. The van der Waals surface area contributed by atoms with Crippen molar-refractivity contribution in [1.82, 2.24) is 19.9 Å². The van der Waals surface area contributed by atoms with Crippen LogP contribution in [0.1, 0.15) is 86.6 Å². The Labute approximate surface area is 310 Å². The fraction of sp³-hybridized carbons (Fsp3) is 0.500. The zero-order valence-corrected chi connectivity index (χ0v) is 31.1. The number of nitrogens with zero attached hydrogens (tertiary/aromatic N) is 4. The quantitative estimate of drug-likeness (QED) is 0.168. The van der Waals surface area contributed by atoms with Gasteiger partial charge in [-0.1, -0.05) is 48.0 Å². The highest BCUT2D eigenvalue weighted by Gasteiger charge is 2.45. The van der Waals surface area contributed by atoms with Crippen LogP contribution in [0.3, 0.4) is 0 Å². The first kappa shape index (κ1) is 39.9.